The molecule has 1 N–H and O–H groups in total. The number of anilines is 1. The molecule has 0 radical (unpaired) electrons. The molecule has 0 bridgehead atoms. The van der Waals surface area contributed by atoms with Crippen LogP contribution in [-0.2, 0) is 10.2 Å². The summed E-state index contributed by atoms with van der Waals surface area (Å²) in [5, 5.41) is 15.0. The van der Waals surface area contributed by atoms with Gasteiger partial charge >= 0.3 is 0 Å². The van der Waals surface area contributed by atoms with Gasteiger partial charge in [0.05, 0.1) is 5.57 Å². The number of rotatable bonds is 4. The van der Waals surface area contributed by atoms with E-state index in [1.165, 1.54) is 24.3 Å². The van der Waals surface area contributed by atoms with Gasteiger partial charge in [-0.1, -0.05) is 68.4 Å². The van der Waals surface area contributed by atoms with Gasteiger partial charge in [0.1, 0.15) is 17.3 Å². The van der Waals surface area contributed by atoms with E-state index < -0.39 is 29.3 Å². The molecule has 0 spiro atoms. The summed E-state index contributed by atoms with van der Waals surface area (Å²) in [5.74, 6) is -1.33. The van der Waals surface area contributed by atoms with Gasteiger partial charge in [-0.25, -0.2) is 4.39 Å². The molecule has 0 aliphatic carbocycles. The van der Waals surface area contributed by atoms with E-state index >= 15 is 0 Å². The lowest BCUT2D eigenvalue weighted by atomic mass is 9.93. The van der Waals surface area contributed by atoms with Crippen LogP contribution in [0.2, 0.25) is 0 Å². The molecule has 7 heteroatoms. The standard InChI is InChI=1S/C24H21FN2O4/c1-24(2,3)17-13-18(26-31-17)27-20(21(28)15-7-5-4-6-8-15)22(29)19(23(27)30)14-9-11-16(25)12-10-14/h4-13,20,29H,1-3H3. The molecule has 4 rings (SSSR count). The van der Waals surface area contributed by atoms with E-state index in [0.29, 0.717) is 16.9 Å². The third kappa shape index (κ3) is 3.63. The highest BCUT2D eigenvalue weighted by Crippen LogP contribution is 2.37. The lowest BCUT2D eigenvalue weighted by molar-refractivity contribution is -0.113. The molecule has 3 aromatic rings. The van der Waals surface area contributed by atoms with Crippen molar-refractivity contribution < 1.29 is 23.6 Å². The minimum absolute atomic E-state index is 0.0745. The fourth-order valence-corrected chi connectivity index (χ4v) is 3.47. The van der Waals surface area contributed by atoms with Crippen molar-refractivity contribution in [2.24, 2.45) is 0 Å². The Balaban J connectivity index is 1.84. The van der Waals surface area contributed by atoms with Crippen LogP contribution in [0.3, 0.4) is 0 Å². The maximum atomic E-state index is 13.4. The van der Waals surface area contributed by atoms with Gasteiger partial charge in [-0.3, -0.25) is 14.5 Å². The number of amides is 1. The number of carbonyl (C=O) groups excluding carboxylic acids is 2. The maximum absolute atomic E-state index is 13.4. The zero-order chi connectivity index (χ0) is 22.3. The molecular formula is C24H21FN2O4. The van der Waals surface area contributed by atoms with Crippen molar-refractivity contribution in [3.05, 3.63) is 89.1 Å². The van der Waals surface area contributed by atoms with Crippen molar-refractivity contribution in [2.45, 2.75) is 32.2 Å². The number of Topliss-reactive ketones (excluding diaryl/α,β-unsaturated/α-hetero) is 1. The Morgan fingerprint density at radius 2 is 1.74 bits per heavy atom. The number of hydrogen-bond donors (Lipinski definition) is 1. The van der Waals surface area contributed by atoms with Crippen molar-refractivity contribution in [1.29, 1.82) is 0 Å². The molecule has 1 aromatic heterocycles. The summed E-state index contributed by atoms with van der Waals surface area (Å²) in [6.45, 7) is 5.78. The van der Waals surface area contributed by atoms with Gasteiger partial charge in [-0.05, 0) is 17.7 Å². The van der Waals surface area contributed by atoms with E-state index in [-0.39, 0.29) is 16.8 Å². The third-order valence-corrected chi connectivity index (χ3v) is 5.13. The Hall–Kier alpha value is -3.74. The summed E-state index contributed by atoms with van der Waals surface area (Å²) >= 11 is 0. The number of aromatic nitrogens is 1. The molecule has 0 saturated heterocycles. The zero-order valence-electron chi connectivity index (χ0n) is 17.3. The van der Waals surface area contributed by atoms with E-state index in [1.54, 1.807) is 36.4 Å². The lowest BCUT2D eigenvalue weighted by Gasteiger charge is -2.21. The van der Waals surface area contributed by atoms with Crippen LogP contribution in [0.1, 0.15) is 42.5 Å². The second kappa shape index (κ2) is 7.50. The Morgan fingerprint density at radius 1 is 1.10 bits per heavy atom. The van der Waals surface area contributed by atoms with E-state index in [4.69, 9.17) is 4.52 Å². The number of halogens is 1. The molecule has 1 amide bonds. The Kier molecular flexibility index (Phi) is 4.97. The van der Waals surface area contributed by atoms with E-state index in [1.807, 2.05) is 20.8 Å². The van der Waals surface area contributed by atoms with Crippen LogP contribution in [0.15, 0.2) is 70.9 Å². The molecule has 1 unspecified atom stereocenters. The van der Waals surface area contributed by atoms with Crippen LogP contribution >= 0.6 is 0 Å². The smallest absolute Gasteiger partial charge is 0.264 e. The second-order valence-electron chi connectivity index (χ2n) is 8.37. The topological polar surface area (TPSA) is 83.6 Å². The van der Waals surface area contributed by atoms with Crippen LogP contribution in [0.5, 0.6) is 0 Å². The monoisotopic (exact) mass is 420 g/mol. The number of benzene rings is 2. The predicted molar refractivity (Wildman–Crippen MR) is 113 cm³/mol. The van der Waals surface area contributed by atoms with Crippen molar-refractivity contribution in [3.63, 3.8) is 0 Å². The third-order valence-electron chi connectivity index (χ3n) is 5.13. The van der Waals surface area contributed by atoms with E-state index in [9.17, 15) is 19.1 Å². The van der Waals surface area contributed by atoms with Crippen molar-refractivity contribution in [1.82, 2.24) is 5.16 Å². The summed E-state index contributed by atoms with van der Waals surface area (Å²) in [6.07, 6.45) is 0. The summed E-state index contributed by atoms with van der Waals surface area (Å²) in [4.78, 5) is 27.8. The highest BCUT2D eigenvalue weighted by molar-refractivity contribution is 6.33. The van der Waals surface area contributed by atoms with Crippen molar-refractivity contribution >= 4 is 23.1 Å². The number of aliphatic hydroxyl groups excluding tert-OH is 1. The first-order valence-corrected chi connectivity index (χ1v) is 9.77. The first-order valence-electron chi connectivity index (χ1n) is 9.77. The quantitative estimate of drug-likeness (QED) is 0.620. The van der Waals surface area contributed by atoms with Crippen LogP contribution < -0.4 is 4.90 Å². The van der Waals surface area contributed by atoms with E-state index in [2.05, 4.69) is 5.16 Å². The van der Waals surface area contributed by atoms with Crippen LogP contribution in [0.25, 0.3) is 5.57 Å². The van der Waals surface area contributed by atoms with E-state index in [0.717, 1.165) is 4.90 Å². The predicted octanol–water partition coefficient (Wildman–Crippen LogP) is 4.68. The highest BCUT2D eigenvalue weighted by Gasteiger charge is 2.46. The van der Waals surface area contributed by atoms with Crippen LogP contribution in [0.4, 0.5) is 10.2 Å². The summed E-state index contributed by atoms with van der Waals surface area (Å²) in [5.41, 5.74) is 0.186. The van der Waals surface area contributed by atoms with Gasteiger partial charge in [0.2, 0.25) is 0 Å². The van der Waals surface area contributed by atoms with Gasteiger partial charge in [-0.15, -0.1) is 0 Å². The zero-order valence-corrected chi connectivity index (χ0v) is 17.3. The lowest BCUT2D eigenvalue weighted by Crippen LogP contribution is -2.41. The number of ketones is 1. The molecule has 0 fully saturated rings. The fraction of sp³-hybridized carbons (Fsp3) is 0.208. The van der Waals surface area contributed by atoms with Gasteiger partial charge in [0.15, 0.2) is 17.6 Å². The summed E-state index contributed by atoms with van der Waals surface area (Å²) in [7, 11) is 0. The minimum Gasteiger partial charge on any atom is -0.509 e. The number of carbonyl (C=O) groups is 2. The summed E-state index contributed by atoms with van der Waals surface area (Å²) < 4.78 is 18.8. The molecular weight excluding hydrogens is 399 g/mol. The first-order chi connectivity index (χ1) is 14.7. The molecule has 1 atom stereocenters. The maximum Gasteiger partial charge on any atom is 0.264 e. The highest BCUT2D eigenvalue weighted by atomic mass is 19.1. The van der Waals surface area contributed by atoms with Gasteiger partial charge < -0.3 is 9.63 Å². The Morgan fingerprint density at radius 3 is 2.32 bits per heavy atom. The average molecular weight is 420 g/mol. The largest absolute Gasteiger partial charge is 0.509 e. The number of aliphatic hydroxyl groups is 1. The van der Waals surface area contributed by atoms with Gasteiger partial charge in [0.25, 0.3) is 5.91 Å². The van der Waals surface area contributed by atoms with Crippen LogP contribution in [-0.4, -0.2) is 28.0 Å². The van der Waals surface area contributed by atoms with Crippen molar-refractivity contribution in [2.75, 3.05) is 4.90 Å². The van der Waals surface area contributed by atoms with Crippen molar-refractivity contribution in [3.8, 4) is 0 Å². The first kappa shape index (κ1) is 20.5. The second-order valence-corrected chi connectivity index (χ2v) is 8.37. The molecule has 2 heterocycles. The molecule has 158 valence electrons. The number of hydrogen-bond acceptors (Lipinski definition) is 5. The minimum atomic E-state index is -1.31. The molecule has 1 aliphatic rings. The molecule has 2 aromatic carbocycles. The average Bonchev–Trinajstić information content (AvgIpc) is 3.32. The van der Waals surface area contributed by atoms with Gasteiger partial charge in [0, 0.05) is 17.0 Å². The molecule has 0 saturated carbocycles. The molecule has 31 heavy (non-hydrogen) atoms. The fourth-order valence-electron chi connectivity index (χ4n) is 3.47. The molecule has 1 aliphatic heterocycles. The normalized spacial score (nSPS) is 16.8. The molecule has 6 nitrogen and oxygen atoms in total. The van der Waals surface area contributed by atoms with Gasteiger partial charge in [-0.2, -0.15) is 0 Å². The Labute approximate surface area is 178 Å². The number of nitrogens with zero attached hydrogens (tertiary/aromatic N) is 2. The summed E-state index contributed by atoms with van der Waals surface area (Å²) in [6, 6.07) is 13.8. The Bertz CT molecular complexity index is 1170. The SMILES string of the molecule is CC(C)(C)c1cc(N2C(=O)C(c3ccc(F)cc3)=C(O)C2C(=O)c2ccccc2)no1. The van der Waals surface area contributed by atoms with Crippen LogP contribution in [0, 0.1) is 5.82 Å².